The van der Waals surface area contributed by atoms with Crippen molar-refractivity contribution in [2.75, 3.05) is 0 Å². The third kappa shape index (κ3) is 7.24. The fourth-order valence-electron chi connectivity index (χ4n) is 2.54. The van der Waals surface area contributed by atoms with Gasteiger partial charge in [-0.15, -0.1) is 0 Å². The van der Waals surface area contributed by atoms with Gasteiger partial charge in [0.25, 0.3) is 0 Å². The van der Waals surface area contributed by atoms with Crippen LogP contribution in [0.25, 0.3) is 0 Å². The number of Topliss-reactive ketones (excluding diaryl/α,β-unsaturated/α-hetero) is 1. The predicted octanol–water partition coefficient (Wildman–Crippen LogP) is 5.69. The maximum absolute atomic E-state index is 12.7. The Morgan fingerprint density at radius 3 is 2.22 bits per heavy atom. The largest absolute Gasteiger partial charge is 0.303 e. The van der Waals surface area contributed by atoms with Crippen LogP contribution >= 0.6 is 23.2 Å². The van der Waals surface area contributed by atoms with Gasteiger partial charge in [0.15, 0.2) is 5.78 Å². The van der Waals surface area contributed by atoms with E-state index >= 15 is 0 Å². The first-order chi connectivity index (χ1) is 10.4. The molecular weight excluding hydrogens is 329 g/mol. The maximum Gasteiger partial charge on any atom is 0.155 e. The molecule has 130 valence electrons. The average Bonchev–Trinajstić information content (AvgIpc) is 2.36. The van der Waals surface area contributed by atoms with Crippen LogP contribution in [0.1, 0.15) is 59.9 Å². The van der Waals surface area contributed by atoms with Gasteiger partial charge < -0.3 is 5.32 Å². The van der Waals surface area contributed by atoms with Crippen LogP contribution < -0.4 is 5.32 Å². The molecule has 0 heterocycles. The van der Waals surface area contributed by atoms with Crippen molar-refractivity contribution in [3.63, 3.8) is 0 Å². The molecule has 1 N–H and O–H groups in total. The van der Waals surface area contributed by atoms with E-state index in [0.29, 0.717) is 10.0 Å². The highest BCUT2D eigenvalue weighted by Gasteiger charge is 2.31. The number of carbonyl (C=O) groups excluding carboxylic acids is 1. The molecule has 4 heteroatoms. The lowest BCUT2D eigenvalue weighted by Crippen LogP contribution is -2.50. The summed E-state index contributed by atoms with van der Waals surface area (Å²) in [5, 5.41) is 4.81. The molecule has 23 heavy (non-hydrogen) atoms. The second kappa shape index (κ2) is 8.00. The third-order valence-corrected chi connectivity index (χ3v) is 4.20. The third-order valence-electron chi connectivity index (χ3n) is 3.62. The number of carbonyl (C=O) groups is 1. The van der Waals surface area contributed by atoms with Crippen molar-refractivity contribution < 1.29 is 4.79 Å². The second-order valence-electron chi connectivity index (χ2n) is 8.19. The van der Waals surface area contributed by atoms with Crippen LogP contribution in [0.4, 0.5) is 0 Å². The Kier molecular flexibility index (Phi) is 7.12. The molecule has 1 aromatic rings. The summed E-state index contributed by atoms with van der Waals surface area (Å²) in [5.41, 5.74) is 0.637. The number of nitrogens with one attached hydrogen (secondary N) is 1. The number of hydrogen-bond acceptors (Lipinski definition) is 2. The molecule has 0 spiro atoms. The molecule has 0 fully saturated rings. The molecule has 1 aromatic carbocycles. The Morgan fingerprint density at radius 2 is 1.74 bits per heavy atom. The molecule has 1 rings (SSSR count). The standard InChI is InChI=1S/C19H29Cl2NO/c1-18(2,3)17(23)16(22-19(4,5)6)9-7-8-13-10-11-14(20)12-15(13)21/h10-12,16,22H,7-9H2,1-6H3. The van der Waals surface area contributed by atoms with E-state index in [0.717, 1.165) is 24.8 Å². The first kappa shape index (κ1) is 20.5. The van der Waals surface area contributed by atoms with Crippen molar-refractivity contribution in [3.8, 4) is 0 Å². The van der Waals surface area contributed by atoms with E-state index in [1.807, 2.05) is 32.9 Å². The lowest BCUT2D eigenvalue weighted by molar-refractivity contribution is -0.129. The average molecular weight is 358 g/mol. The molecule has 0 saturated heterocycles. The van der Waals surface area contributed by atoms with Gasteiger partial charge in [-0.1, -0.05) is 50.0 Å². The van der Waals surface area contributed by atoms with Crippen molar-refractivity contribution in [3.05, 3.63) is 33.8 Å². The highest BCUT2D eigenvalue weighted by molar-refractivity contribution is 6.35. The molecule has 0 radical (unpaired) electrons. The van der Waals surface area contributed by atoms with Gasteiger partial charge in [0.1, 0.15) is 0 Å². The summed E-state index contributed by atoms with van der Waals surface area (Å²) in [6.45, 7) is 12.2. The molecular formula is C19H29Cl2NO. The first-order valence-corrected chi connectivity index (χ1v) is 8.92. The molecule has 0 aromatic heterocycles. The number of hydrogen-bond donors (Lipinski definition) is 1. The van der Waals surface area contributed by atoms with Gasteiger partial charge in [0.05, 0.1) is 6.04 Å². The molecule has 1 atom stereocenters. The van der Waals surface area contributed by atoms with Crippen molar-refractivity contribution >= 4 is 29.0 Å². The molecule has 1 unspecified atom stereocenters. The van der Waals surface area contributed by atoms with Gasteiger partial charge in [-0.25, -0.2) is 0 Å². The molecule has 0 bridgehead atoms. The summed E-state index contributed by atoms with van der Waals surface area (Å²) in [7, 11) is 0. The minimum absolute atomic E-state index is 0.0938. The minimum atomic E-state index is -0.346. The smallest absolute Gasteiger partial charge is 0.155 e. The van der Waals surface area contributed by atoms with Gasteiger partial charge in [0.2, 0.25) is 0 Å². The van der Waals surface area contributed by atoms with Crippen LogP contribution in [0.5, 0.6) is 0 Å². The number of ketones is 1. The topological polar surface area (TPSA) is 29.1 Å². The first-order valence-electron chi connectivity index (χ1n) is 8.16. The van der Waals surface area contributed by atoms with Crippen LogP contribution in [-0.4, -0.2) is 17.4 Å². The molecule has 2 nitrogen and oxygen atoms in total. The van der Waals surface area contributed by atoms with E-state index in [2.05, 4.69) is 26.1 Å². The molecule has 0 aliphatic rings. The summed E-state index contributed by atoms with van der Waals surface area (Å²) in [6.07, 6.45) is 2.54. The Morgan fingerprint density at radius 1 is 1.13 bits per heavy atom. The van der Waals surface area contributed by atoms with E-state index in [-0.39, 0.29) is 22.8 Å². The number of rotatable bonds is 6. The Labute approximate surface area is 150 Å². The quantitative estimate of drug-likeness (QED) is 0.708. The fraction of sp³-hybridized carbons (Fsp3) is 0.632. The molecule has 0 aliphatic carbocycles. The maximum atomic E-state index is 12.7. The molecule has 0 aliphatic heterocycles. The van der Waals surface area contributed by atoms with Crippen LogP contribution in [-0.2, 0) is 11.2 Å². The number of aryl methyl sites for hydroxylation is 1. The van der Waals surface area contributed by atoms with Gasteiger partial charge >= 0.3 is 0 Å². The fourth-order valence-corrected chi connectivity index (χ4v) is 3.04. The zero-order valence-electron chi connectivity index (χ0n) is 15.1. The van der Waals surface area contributed by atoms with Crippen molar-refractivity contribution in [2.45, 2.75) is 72.4 Å². The van der Waals surface area contributed by atoms with Gasteiger partial charge in [-0.3, -0.25) is 4.79 Å². The van der Waals surface area contributed by atoms with E-state index in [9.17, 15) is 4.79 Å². The second-order valence-corrected chi connectivity index (χ2v) is 9.03. The van der Waals surface area contributed by atoms with Crippen LogP contribution in [0.3, 0.4) is 0 Å². The van der Waals surface area contributed by atoms with Crippen LogP contribution in [0, 0.1) is 5.41 Å². The zero-order chi connectivity index (χ0) is 17.8. The summed E-state index contributed by atoms with van der Waals surface area (Å²) < 4.78 is 0. The van der Waals surface area contributed by atoms with Crippen molar-refractivity contribution in [1.82, 2.24) is 5.32 Å². The van der Waals surface area contributed by atoms with Gasteiger partial charge in [-0.05, 0) is 57.7 Å². The van der Waals surface area contributed by atoms with Gasteiger partial charge in [0, 0.05) is 21.0 Å². The lowest BCUT2D eigenvalue weighted by Gasteiger charge is -2.32. The molecule has 0 amide bonds. The molecule has 0 saturated carbocycles. The summed E-state index contributed by atoms with van der Waals surface area (Å²) in [5.74, 6) is 0.259. The van der Waals surface area contributed by atoms with E-state index < -0.39 is 0 Å². The van der Waals surface area contributed by atoms with Crippen molar-refractivity contribution in [1.29, 1.82) is 0 Å². The summed E-state index contributed by atoms with van der Waals surface area (Å²) in [6, 6.07) is 5.45. The monoisotopic (exact) mass is 357 g/mol. The van der Waals surface area contributed by atoms with E-state index in [1.165, 1.54) is 0 Å². The van der Waals surface area contributed by atoms with E-state index in [1.54, 1.807) is 6.07 Å². The summed E-state index contributed by atoms with van der Waals surface area (Å²) >= 11 is 12.1. The highest BCUT2D eigenvalue weighted by Crippen LogP contribution is 2.24. The predicted molar refractivity (Wildman–Crippen MR) is 101 cm³/mol. The Balaban J connectivity index is 2.72. The summed E-state index contributed by atoms with van der Waals surface area (Å²) in [4.78, 5) is 12.7. The Hall–Kier alpha value is -0.570. The lowest BCUT2D eigenvalue weighted by atomic mass is 9.83. The highest BCUT2D eigenvalue weighted by atomic mass is 35.5. The van der Waals surface area contributed by atoms with Gasteiger partial charge in [-0.2, -0.15) is 0 Å². The SMILES string of the molecule is CC(C)(C)NC(CCCc1ccc(Cl)cc1Cl)C(=O)C(C)(C)C. The van der Waals surface area contributed by atoms with E-state index in [4.69, 9.17) is 23.2 Å². The minimum Gasteiger partial charge on any atom is -0.303 e. The van der Waals surface area contributed by atoms with Crippen molar-refractivity contribution in [2.24, 2.45) is 5.41 Å². The van der Waals surface area contributed by atoms with Crippen LogP contribution in [0.15, 0.2) is 18.2 Å². The zero-order valence-corrected chi connectivity index (χ0v) is 16.6. The number of halogens is 2. The Bertz CT molecular complexity index is 541. The van der Waals surface area contributed by atoms with Crippen LogP contribution in [0.2, 0.25) is 10.0 Å². The normalized spacial score (nSPS) is 13.9. The number of benzene rings is 1.